The summed E-state index contributed by atoms with van der Waals surface area (Å²) in [5, 5.41) is 6.69. The van der Waals surface area contributed by atoms with Gasteiger partial charge in [0, 0.05) is 38.0 Å². The Morgan fingerprint density at radius 1 is 1.06 bits per heavy atom. The van der Waals surface area contributed by atoms with Gasteiger partial charge in [0.15, 0.2) is 0 Å². The third kappa shape index (κ3) is 3.39. The van der Waals surface area contributed by atoms with Crippen LogP contribution in [0.25, 0.3) is 0 Å². The number of carbonyl (C=O) groups is 1. The van der Waals surface area contributed by atoms with Crippen molar-refractivity contribution < 1.29 is 21.6 Å². The quantitative estimate of drug-likeness (QED) is 0.692. The van der Waals surface area contributed by atoms with E-state index in [2.05, 4.69) is 10.2 Å². The highest BCUT2D eigenvalue weighted by molar-refractivity contribution is 7.89. The molecule has 1 saturated heterocycles. The second-order valence-electron chi connectivity index (χ2n) is 9.84. The van der Waals surface area contributed by atoms with Crippen molar-refractivity contribution >= 4 is 25.8 Å². The van der Waals surface area contributed by atoms with Gasteiger partial charge in [0.25, 0.3) is 0 Å². The van der Waals surface area contributed by atoms with E-state index in [9.17, 15) is 21.6 Å². The maximum atomic E-state index is 13.4. The number of aromatic amines is 1. The number of sulfonamides is 2. The van der Waals surface area contributed by atoms with E-state index in [-0.39, 0.29) is 53.9 Å². The van der Waals surface area contributed by atoms with Crippen LogP contribution in [0.1, 0.15) is 50.9 Å². The first-order valence-corrected chi connectivity index (χ1v) is 13.9. The number of rotatable bonds is 5. The molecule has 0 spiro atoms. The number of hydrogen-bond donors (Lipinski definition) is 1. The fourth-order valence-corrected chi connectivity index (χ4v) is 10.0. The molecule has 3 aliphatic rings. The molecule has 0 amide bonds. The molecule has 11 heteroatoms. The van der Waals surface area contributed by atoms with E-state index in [0.717, 1.165) is 6.42 Å². The number of H-pyrrole nitrogens is 1. The van der Waals surface area contributed by atoms with E-state index in [0.29, 0.717) is 30.7 Å². The zero-order valence-corrected chi connectivity index (χ0v) is 20.3. The molecule has 174 valence electrons. The molecule has 9 nitrogen and oxygen atoms in total. The van der Waals surface area contributed by atoms with Gasteiger partial charge >= 0.3 is 0 Å². The molecule has 1 aromatic heterocycles. The normalized spacial score (nSPS) is 30.1. The second kappa shape index (κ2) is 7.36. The minimum absolute atomic E-state index is 0.0715. The minimum atomic E-state index is -3.77. The SMILES string of the molecule is Cc1n[nH]c(C)c1S(=O)(=O)N1CCCN(S(=O)(=O)CC23CCC(CC2=O)C3(C)C)CC1. The highest BCUT2D eigenvalue weighted by Crippen LogP contribution is 2.64. The summed E-state index contributed by atoms with van der Waals surface area (Å²) in [5.74, 6) is 0.151. The van der Waals surface area contributed by atoms with Crippen LogP contribution in [0.5, 0.6) is 0 Å². The van der Waals surface area contributed by atoms with Crippen molar-refractivity contribution in [3.63, 3.8) is 0 Å². The zero-order valence-electron chi connectivity index (χ0n) is 18.6. The van der Waals surface area contributed by atoms with Crippen LogP contribution in [-0.4, -0.2) is 73.4 Å². The highest BCUT2D eigenvalue weighted by atomic mass is 32.2. The number of fused-ring (bicyclic) bond motifs is 2. The van der Waals surface area contributed by atoms with Crippen LogP contribution in [0.3, 0.4) is 0 Å². The Labute approximate surface area is 184 Å². The molecule has 2 atom stereocenters. The third-order valence-electron chi connectivity index (χ3n) is 8.03. The van der Waals surface area contributed by atoms with Crippen LogP contribution in [0.2, 0.25) is 0 Å². The maximum Gasteiger partial charge on any atom is 0.246 e. The van der Waals surface area contributed by atoms with E-state index in [4.69, 9.17) is 0 Å². The Morgan fingerprint density at radius 3 is 2.26 bits per heavy atom. The molecule has 31 heavy (non-hydrogen) atoms. The van der Waals surface area contributed by atoms with Gasteiger partial charge in [-0.05, 0) is 44.4 Å². The van der Waals surface area contributed by atoms with Gasteiger partial charge < -0.3 is 0 Å². The standard InChI is InChI=1S/C20H32N4O5S2/c1-14-18(15(2)22-21-14)31(28,29)24-9-5-8-23(10-11-24)30(26,27)13-20-7-6-16(12-17(20)25)19(20,3)4/h16H,5-13H2,1-4H3,(H,21,22). The molecule has 4 rings (SSSR count). The summed E-state index contributed by atoms with van der Waals surface area (Å²) in [7, 11) is -7.47. The molecule has 1 N–H and O–H groups in total. The average Bonchev–Trinajstić information content (AvgIpc) is 3.07. The fraction of sp³-hybridized carbons (Fsp3) is 0.800. The number of Topliss-reactive ketones (excluding diaryl/α,β-unsaturated/α-hetero) is 1. The summed E-state index contributed by atoms with van der Waals surface area (Å²) in [6.07, 6.45) is 2.39. The van der Waals surface area contributed by atoms with Crippen LogP contribution in [-0.2, 0) is 24.8 Å². The average molecular weight is 473 g/mol. The lowest BCUT2D eigenvalue weighted by Crippen LogP contribution is -2.47. The molecule has 0 radical (unpaired) electrons. The number of nitrogens with zero attached hydrogens (tertiary/aromatic N) is 3. The zero-order chi connectivity index (χ0) is 22.8. The Hall–Kier alpha value is -1.30. The summed E-state index contributed by atoms with van der Waals surface area (Å²) in [6, 6.07) is 0. The summed E-state index contributed by atoms with van der Waals surface area (Å²) < 4.78 is 55.9. The lowest BCUT2D eigenvalue weighted by atomic mass is 9.70. The fourth-order valence-electron chi connectivity index (χ4n) is 5.95. The molecule has 3 fully saturated rings. The molecule has 1 aromatic rings. The Morgan fingerprint density at radius 2 is 1.71 bits per heavy atom. The lowest BCUT2D eigenvalue weighted by Gasteiger charge is -2.37. The van der Waals surface area contributed by atoms with Crippen LogP contribution < -0.4 is 0 Å². The lowest BCUT2D eigenvalue weighted by molar-refractivity contribution is -0.128. The Bertz CT molecular complexity index is 1090. The first-order chi connectivity index (χ1) is 14.3. The van der Waals surface area contributed by atoms with Crippen molar-refractivity contribution in [2.24, 2.45) is 16.7 Å². The number of ketones is 1. The van der Waals surface area contributed by atoms with Gasteiger partial charge in [0.1, 0.15) is 10.7 Å². The minimum Gasteiger partial charge on any atom is -0.299 e. The maximum absolute atomic E-state index is 13.4. The summed E-state index contributed by atoms with van der Waals surface area (Å²) >= 11 is 0. The number of aromatic nitrogens is 2. The van der Waals surface area contributed by atoms with Gasteiger partial charge in [-0.1, -0.05) is 13.8 Å². The van der Waals surface area contributed by atoms with Crippen molar-refractivity contribution in [3.8, 4) is 0 Å². The predicted octanol–water partition coefficient (Wildman–Crippen LogP) is 1.45. The van der Waals surface area contributed by atoms with Gasteiger partial charge in [-0.2, -0.15) is 9.40 Å². The van der Waals surface area contributed by atoms with Crippen LogP contribution in [0.4, 0.5) is 0 Å². The van der Waals surface area contributed by atoms with E-state index in [1.165, 1.54) is 8.61 Å². The van der Waals surface area contributed by atoms with Gasteiger partial charge in [0.2, 0.25) is 20.0 Å². The molecule has 2 aliphatic carbocycles. The Kier molecular flexibility index (Phi) is 5.43. The van der Waals surface area contributed by atoms with Crippen molar-refractivity contribution in [3.05, 3.63) is 11.4 Å². The molecule has 2 saturated carbocycles. The molecular formula is C20H32N4O5S2. The molecule has 2 bridgehead atoms. The molecule has 1 aliphatic heterocycles. The first kappa shape index (κ1) is 22.9. The molecular weight excluding hydrogens is 440 g/mol. The summed E-state index contributed by atoms with van der Waals surface area (Å²) in [6.45, 7) is 8.02. The van der Waals surface area contributed by atoms with E-state index >= 15 is 0 Å². The summed E-state index contributed by atoms with van der Waals surface area (Å²) in [5.41, 5.74) is -0.264. The third-order valence-corrected chi connectivity index (χ3v) is 12.2. The molecule has 2 heterocycles. The monoisotopic (exact) mass is 472 g/mol. The number of hydrogen-bond acceptors (Lipinski definition) is 6. The van der Waals surface area contributed by atoms with Crippen molar-refractivity contribution in [2.45, 2.75) is 58.3 Å². The highest BCUT2D eigenvalue weighted by Gasteiger charge is 2.65. The Balaban J connectivity index is 1.53. The topological polar surface area (TPSA) is 121 Å². The van der Waals surface area contributed by atoms with Gasteiger partial charge in [-0.25, -0.2) is 21.1 Å². The van der Waals surface area contributed by atoms with E-state index < -0.39 is 25.5 Å². The number of carbonyl (C=O) groups excluding carboxylic acids is 1. The van der Waals surface area contributed by atoms with Crippen LogP contribution in [0, 0.1) is 30.6 Å². The van der Waals surface area contributed by atoms with Gasteiger partial charge in [-0.15, -0.1) is 0 Å². The summed E-state index contributed by atoms with van der Waals surface area (Å²) in [4.78, 5) is 13.0. The van der Waals surface area contributed by atoms with Crippen LogP contribution >= 0.6 is 0 Å². The van der Waals surface area contributed by atoms with Gasteiger partial charge in [-0.3, -0.25) is 9.89 Å². The van der Waals surface area contributed by atoms with E-state index in [1.54, 1.807) is 13.8 Å². The van der Waals surface area contributed by atoms with E-state index in [1.807, 2.05) is 13.8 Å². The number of nitrogens with one attached hydrogen (secondary N) is 1. The van der Waals surface area contributed by atoms with Crippen LogP contribution in [0.15, 0.2) is 4.90 Å². The van der Waals surface area contributed by atoms with Crippen molar-refractivity contribution in [1.82, 2.24) is 18.8 Å². The predicted molar refractivity (Wildman–Crippen MR) is 115 cm³/mol. The first-order valence-electron chi connectivity index (χ1n) is 10.9. The smallest absolute Gasteiger partial charge is 0.246 e. The van der Waals surface area contributed by atoms with Crippen molar-refractivity contribution in [1.29, 1.82) is 0 Å². The van der Waals surface area contributed by atoms with Gasteiger partial charge in [0.05, 0.1) is 17.1 Å². The molecule has 2 unspecified atom stereocenters. The number of aryl methyl sites for hydroxylation is 2. The molecule has 0 aromatic carbocycles. The van der Waals surface area contributed by atoms with Crippen molar-refractivity contribution in [2.75, 3.05) is 31.9 Å². The second-order valence-corrected chi connectivity index (χ2v) is 13.7. The largest absolute Gasteiger partial charge is 0.299 e.